The molecule has 5 nitrogen and oxygen atoms in total. The van der Waals surface area contributed by atoms with E-state index in [4.69, 9.17) is 9.72 Å². The second-order valence-corrected chi connectivity index (χ2v) is 9.24. The maximum atomic E-state index is 14.0. The van der Waals surface area contributed by atoms with E-state index >= 15 is 0 Å². The van der Waals surface area contributed by atoms with E-state index in [0.29, 0.717) is 17.9 Å². The van der Waals surface area contributed by atoms with E-state index in [9.17, 15) is 4.79 Å². The predicted molar refractivity (Wildman–Crippen MR) is 139 cm³/mol. The minimum atomic E-state index is -0.0850. The molecule has 0 saturated carbocycles. The molecule has 0 fully saturated rings. The highest BCUT2D eigenvalue weighted by molar-refractivity contribution is 7.22. The van der Waals surface area contributed by atoms with Crippen molar-refractivity contribution in [3.05, 3.63) is 65.2 Å². The lowest BCUT2D eigenvalue weighted by molar-refractivity contribution is 0.0981. The molecule has 0 unspecified atom stereocenters. The summed E-state index contributed by atoms with van der Waals surface area (Å²) in [5.74, 6) is 0.498. The number of amides is 1. The van der Waals surface area contributed by atoms with Crippen LogP contribution in [0.1, 0.15) is 35.3 Å². The Hall–Kier alpha value is -2.96. The van der Waals surface area contributed by atoms with Gasteiger partial charge in [-0.05, 0) is 67.0 Å². The highest BCUT2D eigenvalue weighted by Crippen LogP contribution is 2.34. The van der Waals surface area contributed by atoms with Crippen molar-refractivity contribution in [1.29, 1.82) is 0 Å². The zero-order valence-corrected chi connectivity index (χ0v) is 20.8. The number of fused-ring (bicyclic) bond motifs is 2. The number of rotatable bonds is 8. The first-order valence-corrected chi connectivity index (χ1v) is 12.3. The summed E-state index contributed by atoms with van der Waals surface area (Å²) in [6.45, 7) is 11.7. The molecule has 0 aliphatic rings. The quantitative estimate of drug-likeness (QED) is 0.320. The minimum Gasteiger partial charge on any atom is -0.496 e. The number of hydrogen-bond acceptors (Lipinski definition) is 5. The molecular weight excluding hydrogens is 430 g/mol. The van der Waals surface area contributed by atoms with Crippen LogP contribution >= 0.6 is 11.3 Å². The molecule has 0 saturated heterocycles. The van der Waals surface area contributed by atoms with Crippen molar-refractivity contribution in [2.24, 2.45) is 0 Å². The first-order chi connectivity index (χ1) is 16.0. The van der Waals surface area contributed by atoms with Gasteiger partial charge in [-0.15, -0.1) is 0 Å². The Labute approximate surface area is 199 Å². The van der Waals surface area contributed by atoms with Gasteiger partial charge in [0.25, 0.3) is 5.91 Å². The second-order valence-electron chi connectivity index (χ2n) is 8.23. The molecule has 0 spiro atoms. The van der Waals surface area contributed by atoms with Gasteiger partial charge in [0.05, 0.1) is 22.9 Å². The molecule has 6 heteroatoms. The van der Waals surface area contributed by atoms with Crippen molar-refractivity contribution in [3.63, 3.8) is 0 Å². The van der Waals surface area contributed by atoms with E-state index in [-0.39, 0.29) is 5.91 Å². The fourth-order valence-electron chi connectivity index (χ4n) is 4.10. The average molecular weight is 462 g/mol. The van der Waals surface area contributed by atoms with Crippen molar-refractivity contribution in [2.45, 2.75) is 27.7 Å². The Kier molecular flexibility index (Phi) is 6.96. The fraction of sp³-hybridized carbons (Fsp3) is 0.333. The Morgan fingerprint density at radius 3 is 2.36 bits per heavy atom. The zero-order valence-electron chi connectivity index (χ0n) is 20.0. The normalized spacial score (nSPS) is 11.5. The summed E-state index contributed by atoms with van der Waals surface area (Å²) < 4.78 is 6.74. The van der Waals surface area contributed by atoms with Gasteiger partial charge in [-0.2, -0.15) is 0 Å². The van der Waals surface area contributed by atoms with Crippen LogP contribution in [0.2, 0.25) is 0 Å². The van der Waals surface area contributed by atoms with Gasteiger partial charge in [0.2, 0.25) is 0 Å². The van der Waals surface area contributed by atoms with Gasteiger partial charge in [0, 0.05) is 13.1 Å². The van der Waals surface area contributed by atoms with Crippen LogP contribution < -0.4 is 9.64 Å². The number of aryl methyl sites for hydroxylation is 2. The number of anilines is 1. The predicted octanol–water partition coefficient (Wildman–Crippen LogP) is 6.06. The Balaban J connectivity index is 1.80. The number of carbonyl (C=O) groups excluding carboxylic acids is 1. The van der Waals surface area contributed by atoms with Gasteiger partial charge in [0.1, 0.15) is 5.75 Å². The first kappa shape index (κ1) is 23.2. The van der Waals surface area contributed by atoms with E-state index in [0.717, 1.165) is 51.3 Å². The molecule has 4 aromatic rings. The number of nitrogens with zero attached hydrogens (tertiary/aromatic N) is 3. The maximum absolute atomic E-state index is 14.0. The third-order valence-corrected chi connectivity index (χ3v) is 7.43. The Morgan fingerprint density at radius 1 is 1.00 bits per heavy atom. The monoisotopic (exact) mass is 461 g/mol. The smallest absolute Gasteiger partial charge is 0.263 e. The molecule has 1 aromatic heterocycles. The van der Waals surface area contributed by atoms with Crippen LogP contribution in [0.5, 0.6) is 5.75 Å². The lowest BCUT2D eigenvalue weighted by atomic mass is 10.0. The molecule has 1 amide bonds. The summed E-state index contributed by atoms with van der Waals surface area (Å²) in [6, 6.07) is 16.1. The standard InChI is InChI=1S/C27H31N3O2S/c1-6-29(7-2)14-15-30(27-28-25-19(4)18(3)12-13-24(25)33-27)26(31)22-16-20-10-8-9-11-21(20)17-23(22)32-5/h8-13,16-17H,6-7,14-15H2,1-5H3. The van der Waals surface area contributed by atoms with Crippen molar-refractivity contribution in [2.75, 3.05) is 38.2 Å². The van der Waals surface area contributed by atoms with Gasteiger partial charge >= 0.3 is 0 Å². The molecule has 0 atom stereocenters. The van der Waals surface area contributed by atoms with E-state index in [1.54, 1.807) is 18.4 Å². The fourth-order valence-corrected chi connectivity index (χ4v) is 5.15. The van der Waals surface area contributed by atoms with Crippen LogP contribution in [0.25, 0.3) is 21.0 Å². The topological polar surface area (TPSA) is 45.7 Å². The third-order valence-electron chi connectivity index (χ3n) is 6.38. The van der Waals surface area contributed by atoms with Gasteiger partial charge in [0.15, 0.2) is 5.13 Å². The van der Waals surface area contributed by atoms with Crippen molar-refractivity contribution in [3.8, 4) is 5.75 Å². The number of hydrogen-bond donors (Lipinski definition) is 0. The number of benzene rings is 3. The molecule has 0 aliphatic heterocycles. The molecule has 4 rings (SSSR count). The van der Waals surface area contributed by atoms with Crippen LogP contribution in [-0.2, 0) is 0 Å². The summed E-state index contributed by atoms with van der Waals surface area (Å²) in [6.07, 6.45) is 0. The average Bonchev–Trinajstić information content (AvgIpc) is 3.27. The summed E-state index contributed by atoms with van der Waals surface area (Å²) in [5.41, 5.74) is 3.90. The second kappa shape index (κ2) is 9.89. The van der Waals surface area contributed by atoms with Crippen molar-refractivity contribution >= 4 is 43.4 Å². The van der Waals surface area contributed by atoms with Gasteiger partial charge in [-0.3, -0.25) is 9.69 Å². The summed E-state index contributed by atoms with van der Waals surface area (Å²) in [5, 5.41) is 2.79. The number of aromatic nitrogens is 1. The van der Waals surface area contributed by atoms with Crippen LogP contribution in [0, 0.1) is 13.8 Å². The number of likely N-dealkylation sites (N-methyl/N-ethyl adjacent to an activating group) is 1. The lowest BCUT2D eigenvalue weighted by Crippen LogP contribution is -2.39. The highest BCUT2D eigenvalue weighted by Gasteiger charge is 2.25. The SMILES string of the molecule is CCN(CC)CCN(C(=O)c1cc2ccccc2cc1OC)c1nc2c(C)c(C)ccc2s1. The molecular formula is C27H31N3O2S. The zero-order chi connectivity index (χ0) is 23.5. The van der Waals surface area contributed by atoms with Crippen LogP contribution in [0.4, 0.5) is 5.13 Å². The highest BCUT2D eigenvalue weighted by atomic mass is 32.1. The number of carbonyl (C=O) groups is 1. The molecule has 0 radical (unpaired) electrons. The van der Waals surface area contributed by atoms with Gasteiger partial charge < -0.3 is 9.64 Å². The molecule has 0 N–H and O–H groups in total. The molecule has 3 aromatic carbocycles. The van der Waals surface area contributed by atoms with Crippen molar-refractivity contribution in [1.82, 2.24) is 9.88 Å². The minimum absolute atomic E-state index is 0.0850. The van der Waals surface area contributed by atoms with Crippen molar-refractivity contribution < 1.29 is 9.53 Å². The van der Waals surface area contributed by atoms with Gasteiger partial charge in [-0.1, -0.05) is 55.5 Å². The molecule has 172 valence electrons. The lowest BCUT2D eigenvalue weighted by Gasteiger charge is -2.25. The summed E-state index contributed by atoms with van der Waals surface area (Å²) in [4.78, 5) is 23.1. The number of thiazole rings is 1. The van der Waals surface area contributed by atoms with E-state index in [1.165, 1.54) is 5.56 Å². The van der Waals surface area contributed by atoms with Crippen LogP contribution in [0.15, 0.2) is 48.5 Å². The maximum Gasteiger partial charge on any atom is 0.263 e. The van der Waals surface area contributed by atoms with E-state index in [1.807, 2.05) is 41.3 Å². The number of ether oxygens (including phenoxy) is 1. The molecule has 0 bridgehead atoms. The Morgan fingerprint density at radius 2 is 1.70 bits per heavy atom. The summed E-state index contributed by atoms with van der Waals surface area (Å²) in [7, 11) is 1.62. The van der Waals surface area contributed by atoms with Crippen LogP contribution in [0.3, 0.4) is 0 Å². The molecule has 33 heavy (non-hydrogen) atoms. The largest absolute Gasteiger partial charge is 0.496 e. The molecule has 0 aliphatic carbocycles. The third kappa shape index (κ3) is 4.59. The molecule has 1 heterocycles. The van der Waals surface area contributed by atoms with E-state index in [2.05, 4.69) is 44.7 Å². The van der Waals surface area contributed by atoms with Crippen LogP contribution in [-0.4, -0.2) is 49.1 Å². The number of methoxy groups -OCH3 is 1. The van der Waals surface area contributed by atoms with E-state index < -0.39 is 0 Å². The van der Waals surface area contributed by atoms with Gasteiger partial charge in [-0.25, -0.2) is 4.98 Å². The summed E-state index contributed by atoms with van der Waals surface area (Å²) >= 11 is 1.57. The first-order valence-electron chi connectivity index (χ1n) is 11.4. The Bertz CT molecular complexity index is 1290.